The van der Waals surface area contributed by atoms with E-state index in [1.807, 2.05) is 13.8 Å². The molecule has 5 heteroatoms. The number of aryl methyl sites for hydroxylation is 3. The Hall–Kier alpha value is -2.66. The van der Waals surface area contributed by atoms with Gasteiger partial charge in [0.05, 0.1) is 5.92 Å². The minimum absolute atomic E-state index is 0.0267. The molecule has 2 amide bonds. The van der Waals surface area contributed by atoms with Crippen LogP contribution in [0.5, 0.6) is 0 Å². The van der Waals surface area contributed by atoms with Gasteiger partial charge in [-0.15, -0.1) is 0 Å². The van der Waals surface area contributed by atoms with Crippen molar-refractivity contribution in [3.05, 3.63) is 63.7 Å². The molecule has 2 aromatic rings. The lowest BCUT2D eigenvalue weighted by Crippen LogP contribution is -2.33. The van der Waals surface area contributed by atoms with Crippen LogP contribution in [0.15, 0.2) is 30.3 Å². The first kappa shape index (κ1) is 18.7. The maximum Gasteiger partial charge on any atom is 0.227 e. The van der Waals surface area contributed by atoms with E-state index >= 15 is 0 Å². The molecule has 2 aliphatic heterocycles. The highest BCUT2D eigenvalue weighted by molar-refractivity contribution is 6.01. The summed E-state index contributed by atoms with van der Waals surface area (Å²) in [7, 11) is 0. The van der Waals surface area contributed by atoms with Crippen molar-refractivity contribution in [3.63, 3.8) is 0 Å². The normalized spacial score (nSPS) is 18.5. The van der Waals surface area contributed by atoms with Crippen LogP contribution >= 0.6 is 0 Å². The van der Waals surface area contributed by atoms with Gasteiger partial charge in [-0.2, -0.15) is 0 Å². The molecule has 5 nitrogen and oxygen atoms in total. The first-order chi connectivity index (χ1) is 13.4. The van der Waals surface area contributed by atoms with Crippen molar-refractivity contribution >= 4 is 17.5 Å². The third-order valence-electron chi connectivity index (χ3n) is 5.77. The number of benzene rings is 2. The van der Waals surface area contributed by atoms with Gasteiger partial charge >= 0.3 is 0 Å². The summed E-state index contributed by atoms with van der Waals surface area (Å²) in [5.74, 6) is -0.320. The Balaban J connectivity index is 1.42. The number of nitrogens with zero attached hydrogens (tertiary/aromatic N) is 1. The Morgan fingerprint density at radius 1 is 1.11 bits per heavy atom. The average Bonchev–Trinajstić information content (AvgIpc) is 3.25. The quantitative estimate of drug-likeness (QED) is 0.861. The summed E-state index contributed by atoms with van der Waals surface area (Å²) in [5.41, 5.74) is 8.04. The summed E-state index contributed by atoms with van der Waals surface area (Å²) in [4.78, 5) is 27.1. The zero-order valence-corrected chi connectivity index (χ0v) is 16.8. The monoisotopic (exact) mass is 377 g/mol. The molecule has 0 saturated carbocycles. The molecule has 1 fully saturated rings. The largest absolute Gasteiger partial charge is 0.352 e. The van der Waals surface area contributed by atoms with Crippen molar-refractivity contribution in [3.8, 4) is 0 Å². The number of amides is 2. The summed E-state index contributed by atoms with van der Waals surface area (Å²) >= 11 is 0. The van der Waals surface area contributed by atoms with Crippen molar-refractivity contribution in [2.75, 3.05) is 11.4 Å². The van der Waals surface area contributed by atoms with Crippen LogP contribution in [-0.4, -0.2) is 18.4 Å². The second-order valence-corrected chi connectivity index (χ2v) is 8.08. The number of fused-ring (bicyclic) bond motifs is 1. The topological polar surface area (TPSA) is 61.4 Å². The number of nitrogens with one attached hydrogen (secondary N) is 2. The predicted molar refractivity (Wildman–Crippen MR) is 110 cm³/mol. The minimum Gasteiger partial charge on any atom is -0.352 e. The van der Waals surface area contributed by atoms with E-state index in [1.165, 1.54) is 16.7 Å². The van der Waals surface area contributed by atoms with Gasteiger partial charge in [-0.3, -0.25) is 9.59 Å². The van der Waals surface area contributed by atoms with E-state index in [0.29, 0.717) is 13.1 Å². The zero-order valence-electron chi connectivity index (χ0n) is 16.8. The number of hydrogen-bond acceptors (Lipinski definition) is 3. The van der Waals surface area contributed by atoms with Crippen molar-refractivity contribution in [2.24, 2.45) is 5.92 Å². The first-order valence-corrected chi connectivity index (χ1v) is 9.89. The number of anilines is 1. The van der Waals surface area contributed by atoms with Gasteiger partial charge in [0.1, 0.15) is 0 Å². The standard InChI is InChI=1S/C23H27N3O2/c1-14-6-15(2)22(16(3)7-14)26-13-20(9-21(26)27)23(28)25-10-17-4-5-18-11-24-12-19(18)8-17/h4-8,20,24H,9-13H2,1-3H3,(H,25,28). The van der Waals surface area contributed by atoms with Crippen LogP contribution < -0.4 is 15.5 Å². The number of carbonyl (C=O) groups excluding carboxylic acids is 2. The summed E-state index contributed by atoms with van der Waals surface area (Å²) in [6.45, 7) is 8.86. The summed E-state index contributed by atoms with van der Waals surface area (Å²) in [5, 5.41) is 6.36. The highest BCUT2D eigenvalue weighted by Gasteiger charge is 2.36. The molecule has 0 spiro atoms. The lowest BCUT2D eigenvalue weighted by Gasteiger charge is -2.22. The molecule has 0 bridgehead atoms. The molecule has 2 aliphatic rings. The first-order valence-electron chi connectivity index (χ1n) is 9.89. The molecular weight excluding hydrogens is 350 g/mol. The van der Waals surface area contributed by atoms with Crippen LogP contribution in [-0.2, 0) is 29.2 Å². The van der Waals surface area contributed by atoms with E-state index in [2.05, 4.69) is 47.9 Å². The molecular formula is C23H27N3O2. The average molecular weight is 377 g/mol. The number of carbonyl (C=O) groups is 2. The highest BCUT2D eigenvalue weighted by Crippen LogP contribution is 2.32. The van der Waals surface area contributed by atoms with E-state index in [0.717, 1.165) is 35.5 Å². The van der Waals surface area contributed by atoms with E-state index in [-0.39, 0.29) is 24.2 Å². The Bertz CT molecular complexity index is 928. The minimum atomic E-state index is -0.302. The maximum absolute atomic E-state index is 12.7. The molecule has 2 N–H and O–H groups in total. The molecule has 2 heterocycles. The summed E-state index contributed by atoms with van der Waals surface area (Å²) < 4.78 is 0. The Morgan fingerprint density at radius 3 is 2.57 bits per heavy atom. The molecule has 0 radical (unpaired) electrons. The number of rotatable bonds is 4. The molecule has 0 aromatic heterocycles. The SMILES string of the molecule is Cc1cc(C)c(N2CC(C(=O)NCc3ccc4c(c3)CNC4)CC2=O)c(C)c1. The second-order valence-electron chi connectivity index (χ2n) is 8.08. The fourth-order valence-electron chi connectivity index (χ4n) is 4.49. The number of hydrogen-bond donors (Lipinski definition) is 2. The van der Waals surface area contributed by atoms with Gasteiger partial charge in [-0.05, 0) is 48.6 Å². The van der Waals surface area contributed by atoms with Crippen molar-refractivity contribution in [1.82, 2.24) is 10.6 Å². The Morgan fingerprint density at radius 2 is 1.82 bits per heavy atom. The Labute approximate surface area is 166 Å². The van der Waals surface area contributed by atoms with Crippen LogP contribution in [0.2, 0.25) is 0 Å². The molecule has 1 unspecified atom stereocenters. The second kappa shape index (κ2) is 7.40. The van der Waals surface area contributed by atoms with Gasteiger partial charge in [0.25, 0.3) is 0 Å². The smallest absolute Gasteiger partial charge is 0.227 e. The summed E-state index contributed by atoms with van der Waals surface area (Å²) in [6.07, 6.45) is 0.271. The highest BCUT2D eigenvalue weighted by atomic mass is 16.2. The predicted octanol–water partition coefficient (Wildman–Crippen LogP) is 2.88. The molecule has 1 atom stereocenters. The van der Waals surface area contributed by atoms with Crippen LogP contribution in [0.1, 0.15) is 39.8 Å². The molecule has 28 heavy (non-hydrogen) atoms. The zero-order chi connectivity index (χ0) is 19.8. The molecule has 1 saturated heterocycles. The fourth-order valence-corrected chi connectivity index (χ4v) is 4.49. The van der Waals surface area contributed by atoms with Crippen LogP contribution in [0, 0.1) is 26.7 Å². The maximum atomic E-state index is 12.7. The van der Waals surface area contributed by atoms with E-state index in [1.54, 1.807) is 4.90 Å². The fraction of sp³-hybridized carbons (Fsp3) is 0.391. The molecule has 4 rings (SSSR count). The molecule has 146 valence electrons. The molecule has 2 aromatic carbocycles. The third kappa shape index (κ3) is 3.54. The van der Waals surface area contributed by atoms with Crippen LogP contribution in [0.4, 0.5) is 5.69 Å². The van der Waals surface area contributed by atoms with Gasteiger partial charge in [-0.1, -0.05) is 35.9 Å². The lowest BCUT2D eigenvalue weighted by molar-refractivity contribution is -0.126. The lowest BCUT2D eigenvalue weighted by atomic mass is 10.0. The van der Waals surface area contributed by atoms with Gasteiger partial charge in [0.15, 0.2) is 0 Å². The molecule has 0 aliphatic carbocycles. The van der Waals surface area contributed by atoms with Gasteiger partial charge in [0.2, 0.25) is 11.8 Å². The van der Waals surface area contributed by atoms with Crippen LogP contribution in [0.3, 0.4) is 0 Å². The van der Waals surface area contributed by atoms with Crippen molar-refractivity contribution in [2.45, 2.75) is 46.8 Å². The Kier molecular flexibility index (Phi) is 4.94. The summed E-state index contributed by atoms with van der Waals surface area (Å²) in [6, 6.07) is 10.5. The van der Waals surface area contributed by atoms with Gasteiger partial charge in [0, 0.05) is 38.3 Å². The van der Waals surface area contributed by atoms with Gasteiger partial charge in [-0.25, -0.2) is 0 Å². The van der Waals surface area contributed by atoms with Crippen LogP contribution in [0.25, 0.3) is 0 Å². The van der Waals surface area contributed by atoms with Gasteiger partial charge < -0.3 is 15.5 Å². The van der Waals surface area contributed by atoms with E-state index in [9.17, 15) is 9.59 Å². The van der Waals surface area contributed by atoms with Crippen molar-refractivity contribution in [1.29, 1.82) is 0 Å². The van der Waals surface area contributed by atoms with Crippen molar-refractivity contribution < 1.29 is 9.59 Å². The van der Waals surface area contributed by atoms with E-state index < -0.39 is 0 Å². The third-order valence-corrected chi connectivity index (χ3v) is 5.77. The van der Waals surface area contributed by atoms with E-state index in [4.69, 9.17) is 0 Å².